The van der Waals surface area contributed by atoms with Crippen LogP contribution in [-0.2, 0) is 4.79 Å². The molecule has 1 heterocycles. The summed E-state index contributed by atoms with van der Waals surface area (Å²) in [5.41, 5.74) is 6.03. The van der Waals surface area contributed by atoms with Gasteiger partial charge in [0, 0.05) is 24.4 Å². The van der Waals surface area contributed by atoms with Gasteiger partial charge in [-0.05, 0) is 0 Å². The van der Waals surface area contributed by atoms with Crippen LogP contribution >= 0.6 is 23.4 Å². The predicted molar refractivity (Wildman–Crippen MR) is 63.6 cm³/mol. The van der Waals surface area contributed by atoms with Crippen LogP contribution in [-0.4, -0.2) is 20.8 Å². The number of aromatic nitrogens is 2. The summed E-state index contributed by atoms with van der Waals surface area (Å²) >= 11 is 7.04. The van der Waals surface area contributed by atoms with E-state index in [-0.39, 0.29) is 11.1 Å². The minimum atomic E-state index is 0.0827. The molecule has 0 saturated carbocycles. The average molecular weight is 244 g/mol. The molecule has 0 aliphatic heterocycles. The van der Waals surface area contributed by atoms with Gasteiger partial charge in [-0.2, -0.15) is 0 Å². The van der Waals surface area contributed by atoms with Crippen LogP contribution < -0.4 is 5.73 Å². The van der Waals surface area contributed by atoms with Crippen molar-refractivity contribution in [3.05, 3.63) is 23.0 Å². The highest BCUT2D eigenvalue weighted by atomic mass is 35.5. The second-order valence-electron chi connectivity index (χ2n) is 2.68. The molecule has 1 rings (SSSR count). The van der Waals surface area contributed by atoms with Crippen LogP contribution in [0.25, 0.3) is 6.08 Å². The molecule has 0 amide bonds. The Kier molecular flexibility index (Phi) is 4.58. The molecule has 6 heteroatoms. The van der Waals surface area contributed by atoms with E-state index in [9.17, 15) is 4.79 Å². The molecule has 0 atom stereocenters. The Morgan fingerprint density at radius 3 is 3.07 bits per heavy atom. The molecule has 2 N–H and O–H groups in total. The molecule has 80 valence electrons. The molecule has 0 fully saturated rings. The van der Waals surface area contributed by atoms with Gasteiger partial charge in [0.15, 0.2) is 5.12 Å². The molecule has 0 spiro atoms. The van der Waals surface area contributed by atoms with Crippen molar-refractivity contribution in [1.29, 1.82) is 0 Å². The highest BCUT2D eigenvalue weighted by Crippen LogP contribution is 2.14. The lowest BCUT2D eigenvalue weighted by Gasteiger charge is -1.97. The maximum Gasteiger partial charge on any atom is 0.221 e. The lowest BCUT2D eigenvalue weighted by Crippen LogP contribution is -1.95. The fraction of sp³-hybridized carbons (Fsp3) is 0.222. The Morgan fingerprint density at radius 1 is 1.73 bits per heavy atom. The number of thioether (sulfide) groups is 1. The molecule has 0 radical (unpaired) electrons. The third kappa shape index (κ3) is 4.31. The van der Waals surface area contributed by atoms with Crippen LogP contribution in [0, 0.1) is 0 Å². The van der Waals surface area contributed by atoms with Crippen LogP contribution in [0.5, 0.6) is 0 Å². The largest absolute Gasteiger partial charge is 0.368 e. The van der Waals surface area contributed by atoms with E-state index in [4.69, 9.17) is 17.3 Å². The first-order chi connectivity index (χ1) is 7.09. The Balaban J connectivity index is 2.60. The highest BCUT2D eigenvalue weighted by molar-refractivity contribution is 8.13. The number of hydrogen-bond acceptors (Lipinski definition) is 5. The molecule has 1 aromatic heterocycles. The van der Waals surface area contributed by atoms with Crippen LogP contribution in [0.15, 0.2) is 12.3 Å². The molecule has 0 aliphatic carbocycles. The van der Waals surface area contributed by atoms with Gasteiger partial charge in [-0.25, -0.2) is 9.97 Å². The van der Waals surface area contributed by atoms with Gasteiger partial charge >= 0.3 is 0 Å². The standard InChI is InChI=1S/C9H10ClN3OS/c1-6(14)15-4-2-3-7-5-12-9(11)13-8(7)10/h2-3,5H,4H2,1H3,(H2,11,12,13). The van der Waals surface area contributed by atoms with Crippen molar-refractivity contribution in [2.75, 3.05) is 11.5 Å². The third-order valence-corrected chi connectivity index (χ3v) is 2.54. The number of anilines is 1. The molecular formula is C9H10ClN3OS. The van der Waals surface area contributed by atoms with E-state index >= 15 is 0 Å². The number of hydrogen-bond donors (Lipinski definition) is 1. The van der Waals surface area contributed by atoms with Crippen LogP contribution in [0.2, 0.25) is 5.15 Å². The summed E-state index contributed by atoms with van der Waals surface area (Å²) in [6.07, 6.45) is 5.13. The van der Waals surface area contributed by atoms with Gasteiger partial charge in [0.25, 0.3) is 0 Å². The van der Waals surface area contributed by atoms with E-state index in [1.807, 2.05) is 6.08 Å². The maximum absolute atomic E-state index is 10.6. The van der Waals surface area contributed by atoms with Gasteiger partial charge in [0.2, 0.25) is 5.95 Å². The normalized spacial score (nSPS) is 10.8. The minimum absolute atomic E-state index is 0.0827. The zero-order valence-electron chi connectivity index (χ0n) is 8.11. The van der Waals surface area contributed by atoms with Crippen molar-refractivity contribution >= 4 is 40.5 Å². The van der Waals surface area contributed by atoms with Gasteiger partial charge in [-0.3, -0.25) is 4.79 Å². The molecule has 15 heavy (non-hydrogen) atoms. The maximum atomic E-state index is 10.6. The topological polar surface area (TPSA) is 68.9 Å². The Hall–Kier alpha value is -1.07. The Bertz CT molecular complexity index is 395. The number of nitrogen functional groups attached to an aromatic ring is 1. The molecule has 0 aromatic carbocycles. The van der Waals surface area contributed by atoms with Crippen LogP contribution in [0.4, 0.5) is 5.95 Å². The van der Waals surface area contributed by atoms with Crippen molar-refractivity contribution in [3.63, 3.8) is 0 Å². The summed E-state index contributed by atoms with van der Waals surface area (Å²) in [6.45, 7) is 1.53. The van der Waals surface area contributed by atoms with E-state index in [0.717, 1.165) is 0 Å². The van der Waals surface area contributed by atoms with Crippen molar-refractivity contribution in [2.24, 2.45) is 0 Å². The summed E-state index contributed by atoms with van der Waals surface area (Å²) in [5.74, 6) is 0.756. The van der Waals surface area contributed by atoms with E-state index < -0.39 is 0 Å². The lowest BCUT2D eigenvalue weighted by atomic mass is 10.3. The number of nitrogens with two attached hydrogens (primary N) is 1. The first kappa shape index (κ1) is 12.0. The van der Waals surface area contributed by atoms with Crippen LogP contribution in [0.1, 0.15) is 12.5 Å². The summed E-state index contributed by atoms with van der Waals surface area (Å²) in [6, 6.07) is 0. The number of carbonyl (C=O) groups is 1. The van der Waals surface area contributed by atoms with Gasteiger partial charge < -0.3 is 5.73 Å². The fourth-order valence-corrected chi connectivity index (χ4v) is 1.46. The van der Waals surface area contributed by atoms with Gasteiger partial charge in [-0.15, -0.1) is 0 Å². The predicted octanol–water partition coefficient (Wildman–Crippen LogP) is 2.01. The highest BCUT2D eigenvalue weighted by Gasteiger charge is 1.99. The lowest BCUT2D eigenvalue weighted by molar-refractivity contribution is -0.109. The first-order valence-electron chi connectivity index (χ1n) is 4.17. The second-order valence-corrected chi connectivity index (χ2v) is 4.23. The molecule has 0 saturated heterocycles. The second kappa shape index (κ2) is 5.72. The molecule has 4 nitrogen and oxygen atoms in total. The molecular weight excluding hydrogens is 234 g/mol. The average Bonchev–Trinajstić information content (AvgIpc) is 2.14. The fourth-order valence-electron chi connectivity index (χ4n) is 0.835. The van der Waals surface area contributed by atoms with Crippen molar-refractivity contribution in [1.82, 2.24) is 9.97 Å². The quantitative estimate of drug-likeness (QED) is 0.823. The number of nitrogens with zero attached hydrogens (tertiary/aromatic N) is 2. The molecule has 0 bridgehead atoms. The van der Waals surface area contributed by atoms with E-state index in [0.29, 0.717) is 16.5 Å². The van der Waals surface area contributed by atoms with E-state index in [2.05, 4.69) is 9.97 Å². The van der Waals surface area contributed by atoms with Crippen molar-refractivity contribution < 1.29 is 4.79 Å². The van der Waals surface area contributed by atoms with Crippen molar-refractivity contribution in [3.8, 4) is 0 Å². The minimum Gasteiger partial charge on any atom is -0.368 e. The van der Waals surface area contributed by atoms with Gasteiger partial charge in [0.05, 0.1) is 0 Å². The zero-order chi connectivity index (χ0) is 11.3. The molecule has 0 unspecified atom stereocenters. The SMILES string of the molecule is CC(=O)SCC=Cc1cnc(N)nc1Cl. The summed E-state index contributed by atoms with van der Waals surface area (Å²) in [5, 5.41) is 0.394. The molecule has 0 aliphatic rings. The monoisotopic (exact) mass is 243 g/mol. The van der Waals surface area contributed by atoms with Gasteiger partial charge in [-0.1, -0.05) is 35.5 Å². The first-order valence-corrected chi connectivity index (χ1v) is 5.54. The molecule has 1 aromatic rings. The van der Waals surface area contributed by atoms with Crippen LogP contribution in [0.3, 0.4) is 0 Å². The smallest absolute Gasteiger partial charge is 0.221 e. The Labute approximate surface area is 96.9 Å². The van der Waals surface area contributed by atoms with Crippen molar-refractivity contribution in [2.45, 2.75) is 6.92 Å². The number of halogens is 1. The van der Waals surface area contributed by atoms with Gasteiger partial charge in [0.1, 0.15) is 5.15 Å². The number of carbonyl (C=O) groups excluding carboxylic acids is 1. The summed E-state index contributed by atoms with van der Waals surface area (Å²) in [4.78, 5) is 18.2. The Morgan fingerprint density at radius 2 is 2.47 bits per heavy atom. The summed E-state index contributed by atoms with van der Waals surface area (Å²) < 4.78 is 0. The van der Waals surface area contributed by atoms with E-state index in [1.54, 1.807) is 12.3 Å². The summed E-state index contributed by atoms with van der Waals surface area (Å²) in [7, 11) is 0. The number of rotatable bonds is 3. The van der Waals surface area contributed by atoms with E-state index in [1.165, 1.54) is 18.7 Å². The zero-order valence-corrected chi connectivity index (χ0v) is 9.68. The third-order valence-electron chi connectivity index (χ3n) is 1.47.